The van der Waals surface area contributed by atoms with Crippen LogP contribution in [-0.4, -0.2) is 71.0 Å². The van der Waals surface area contributed by atoms with Gasteiger partial charge in [-0.25, -0.2) is 0 Å². The molecule has 0 spiro atoms. The van der Waals surface area contributed by atoms with E-state index in [-0.39, 0.29) is 25.0 Å². The van der Waals surface area contributed by atoms with Crippen LogP contribution in [0.5, 0.6) is 0 Å². The number of hydrogen-bond donors (Lipinski definition) is 1. The summed E-state index contributed by atoms with van der Waals surface area (Å²) in [5.41, 5.74) is -0.447. The van der Waals surface area contributed by atoms with Crippen LogP contribution in [0.1, 0.15) is 47.5 Å². The van der Waals surface area contributed by atoms with Gasteiger partial charge in [-0.15, -0.1) is 0 Å². The smallest absolute Gasteiger partial charge is 0.314 e. The molecule has 26 heavy (non-hydrogen) atoms. The Labute approximate surface area is 153 Å². The molecule has 2 aliphatic heterocycles. The first-order chi connectivity index (χ1) is 12.0. The molecule has 2 saturated heterocycles. The summed E-state index contributed by atoms with van der Waals surface area (Å²) >= 11 is 0. The van der Waals surface area contributed by atoms with E-state index >= 15 is 0 Å². The third kappa shape index (κ3) is 4.94. The fourth-order valence-corrected chi connectivity index (χ4v) is 3.71. The summed E-state index contributed by atoms with van der Waals surface area (Å²) in [6.45, 7) is 8.81. The van der Waals surface area contributed by atoms with E-state index in [1.165, 1.54) is 13.8 Å². The van der Waals surface area contributed by atoms with Gasteiger partial charge in [0.05, 0.1) is 23.9 Å². The van der Waals surface area contributed by atoms with E-state index in [4.69, 9.17) is 14.2 Å². The second-order valence-electron chi connectivity index (χ2n) is 7.95. The molecule has 0 aromatic heterocycles. The quantitative estimate of drug-likeness (QED) is 0.724. The average Bonchev–Trinajstić information content (AvgIpc) is 2.86. The van der Waals surface area contributed by atoms with E-state index < -0.39 is 41.7 Å². The zero-order valence-corrected chi connectivity index (χ0v) is 16.1. The van der Waals surface area contributed by atoms with Crippen molar-refractivity contribution in [3.63, 3.8) is 0 Å². The lowest BCUT2D eigenvalue weighted by atomic mass is 9.85. The molecule has 0 aromatic rings. The highest BCUT2D eigenvalue weighted by atomic mass is 16.6. The van der Waals surface area contributed by atoms with Crippen molar-refractivity contribution in [3.05, 3.63) is 0 Å². The molecular weight excluding hydrogens is 342 g/mol. The SMILES string of the molecule is CC(=O)OC[C@@H]1C[C@H](O)[C@H]([C@@H]2[C@@H](OC(C)(C)C)CCN2C(C)=O)C(=O)O1. The van der Waals surface area contributed by atoms with E-state index in [9.17, 15) is 19.5 Å². The van der Waals surface area contributed by atoms with Gasteiger partial charge in [-0.2, -0.15) is 0 Å². The van der Waals surface area contributed by atoms with Gasteiger partial charge in [0.1, 0.15) is 18.6 Å². The van der Waals surface area contributed by atoms with Gasteiger partial charge >= 0.3 is 11.9 Å². The summed E-state index contributed by atoms with van der Waals surface area (Å²) in [6, 6.07) is -0.580. The molecule has 8 nitrogen and oxygen atoms in total. The average molecular weight is 371 g/mol. The predicted octanol–water partition coefficient (Wildman–Crippen LogP) is 0.647. The lowest BCUT2D eigenvalue weighted by molar-refractivity contribution is -0.186. The van der Waals surface area contributed by atoms with E-state index in [1.807, 2.05) is 20.8 Å². The number of carbonyl (C=O) groups is 3. The van der Waals surface area contributed by atoms with Gasteiger partial charge in [0.15, 0.2) is 0 Å². The van der Waals surface area contributed by atoms with Crippen LogP contribution in [0.3, 0.4) is 0 Å². The minimum atomic E-state index is -1.01. The van der Waals surface area contributed by atoms with Crippen molar-refractivity contribution in [1.82, 2.24) is 4.90 Å². The predicted molar refractivity (Wildman–Crippen MR) is 91.0 cm³/mol. The number of hydrogen-bond acceptors (Lipinski definition) is 7. The molecular formula is C18H29NO7. The zero-order chi connectivity index (χ0) is 19.6. The number of nitrogens with zero attached hydrogens (tertiary/aromatic N) is 1. The third-order valence-corrected chi connectivity index (χ3v) is 4.62. The molecule has 2 rings (SSSR count). The molecule has 0 saturated carbocycles. The van der Waals surface area contributed by atoms with Crippen molar-refractivity contribution in [1.29, 1.82) is 0 Å². The highest BCUT2D eigenvalue weighted by Crippen LogP contribution is 2.35. The van der Waals surface area contributed by atoms with Crippen molar-refractivity contribution in [3.8, 4) is 0 Å². The number of aliphatic hydroxyl groups excluding tert-OH is 1. The van der Waals surface area contributed by atoms with Crippen molar-refractivity contribution < 1.29 is 33.7 Å². The van der Waals surface area contributed by atoms with Crippen LogP contribution in [0.15, 0.2) is 0 Å². The van der Waals surface area contributed by atoms with Crippen LogP contribution in [0.2, 0.25) is 0 Å². The number of ether oxygens (including phenoxy) is 3. The topological polar surface area (TPSA) is 102 Å². The van der Waals surface area contributed by atoms with Crippen LogP contribution in [0, 0.1) is 5.92 Å². The fourth-order valence-electron chi connectivity index (χ4n) is 3.71. The Balaban J connectivity index is 2.17. The molecule has 0 unspecified atom stereocenters. The molecule has 1 N–H and O–H groups in total. The summed E-state index contributed by atoms with van der Waals surface area (Å²) in [6.07, 6.45) is -1.32. The number of rotatable bonds is 4. The monoisotopic (exact) mass is 371 g/mol. The molecule has 0 radical (unpaired) electrons. The Morgan fingerprint density at radius 2 is 1.96 bits per heavy atom. The highest BCUT2D eigenvalue weighted by molar-refractivity contribution is 5.79. The van der Waals surface area contributed by atoms with Gasteiger partial charge in [0.25, 0.3) is 0 Å². The van der Waals surface area contributed by atoms with E-state index in [0.29, 0.717) is 13.0 Å². The summed E-state index contributed by atoms with van der Waals surface area (Å²) in [7, 11) is 0. The summed E-state index contributed by atoms with van der Waals surface area (Å²) in [4.78, 5) is 37.2. The lowest BCUT2D eigenvalue weighted by Crippen LogP contribution is -2.56. The zero-order valence-electron chi connectivity index (χ0n) is 16.1. The molecule has 5 atom stereocenters. The number of amides is 1. The van der Waals surface area contributed by atoms with Gasteiger partial charge in [-0.05, 0) is 27.2 Å². The molecule has 8 heteroatoms. The van der Waals surface area contributed by atoms with Crippen LogP contribution in [0.25, 0.3) is 0 Å². The van der Waals surface area contributed by atoms with Crippen molar-refractivity contribution in [2.24, 2.45) is 5.92 Å². The largest absolute Gasteiger partial charge is 0.462 e. The van der Waals surface area contributed by atoms with Gasteiger partial charge < -0.3 is 24.2 Å². The molecule has 148 valence electrons. The van der Waals surface area contributed by atoms with Gasteiger partial charge in [0.2, 0.25) is 5.91 Å². The number of aliphatic hydroxyl groups is 1. The Morgan fingerprint density at radius 3 is 2.46 bits per heavy atom. The number of esters is 2. The lowest BCUT2D eigenvalue weighted by Gasteiger charge is -2.41. The van der Waals surface area contributed by atoms with Crippen molar-refractivity contribution >= 4 is 17.8 Å². The second kappa shape index (κ2) is 7.92. The maximum atomic E-state index is 12.6. The minimum absolute atomic E-state index is 0.0894. The molecule has 0 bridgehead atoms. The first-order valence-electron chi connectivity index (χ1n) is 8.96. The molecule has 1 amide bonds. The minimum Gasteiger partial charge on any atom is -0.462 e. The Hall–Kier alpha value is -1.67. The van der Waals surface area contributed by atoms with Crippen LogP contribution in [-0.2, 0) is 28.6 Å². The van der Waals surface area contributed by atoms with E-state index in [0.717, 1.165) is 0 Å². The van der Waals surface area contributed by atoms with Gasteiger partial charge in [-0.1, -0.05) is 0 Å². The van der Waals surface area contributed by atoms with E-state index in [1.54, 1.807) is 4.90 Å². The molecule has 0 aromatic carbocycles. The summed E-state index contributed by atoms with van der Waals surface area (Å²) in [5, 5.41) is 10.6. The second-order valence-corrected chi connectivity index (χ2v) is 7.95. The Morgan fingerprint density at radius 1 is 1.31 bits per heavy atom. The standard InChI is InChI=1S/C18H29NO7/c1-10(20)19-7-6-14(26-18(3,4)5)16(19)15-13(22)8-12(25-17(15)23)9-24-11(2)21/h12-16,22H,6-9H2,1-5H3/t12-,13-,14-,15+,16-/m0/s1. The Kier molecular flexibility index (Phi) is 6.29. The van der Waals surface area contributed by atoms with Crippen molar-refractivity contribution in [2.75, 3.05) is 13.2 Å². The molecule has 0 aliphatic carbocycles. The van der Waals surface area contributed by atoms with Crippen LogP contribution >= 0.6 is 0 Å². The first-order valence-corrected chi connectivity index (χ1v) is 8.96. The normalized spacial score (nSPS) is 32.3. The number of likely N-dealkylation sites (tertiary alicyclic amines) is 1. The first kappa shape index (κ1) is 20.6. The Bertz CT molecular complexity index is 556. The van der Waals surface area contributed by atoms with E-state index in [2.05, 4.69) is 0 Å². The molecule has 2 heterocycles. The maximum Gasteiger partial charge on any atom is 0.314 e. The summed E-state index contributed by atoms with van der Waals surface area (Å²) < 4.78 is 16.3. The molecule has 2 aliphatic rings. The van der Waals surface area contributed by atoms with Gasteiger partial charge in [-0.3, -0.25) is 14.4 Å². The number of cyclic esters (lactones) is 1. The summed E-state index contributed by atoms with van der Waals surface area (Å²) in [5.74, 6) is -2.13. The van der Waals surface area contributed by atoms with Crippen LogP contribution in [0.4, 0.5) is 0 Å². The highest BCUT2D eigenvalue weighted by Gasteiger charge is 2.51. The van der Waals surface area contributed by atoms with Gasteiger partial charge in [0, 0.05) is 26.8 Å². The number of carbonyl (C=O) groups excluding carboxylic acids is 3. The van der Waals surface area contributed by atoms with Crippen molar-refractivity contribution in [2.45, 2.75) is 77.4 Å². The molecule has 2 fully saturated rings. The third-order valence-electron chi connectivity index (χ3n) is 4.62. The van der Waals surface area contributed by atoms with Crippen LogP contribution < -0.4 is 0 Å². The fraction of sp³-hybridized carbons (Fsp3) is 0.833. The maximum absolute atomic E-state index is 12.6.